The zero-order valence-corrected chi connectivity index (χ0v) is 8.77. The molecular formula is C13H8F2N2. The first kappa shape index (κ1) is 9.96. The number of nitrogens with zero attached hydrogens (tertiary/aromatic N) is 2. The van der Waals surface area contributed by atoms with Gasteiger partial charge in [-0.25, -0.2) is 13.8 Å². The van der Waals surface area contributed by atoms with Gasteiger partial charge in [0.1, 0.15) is 5.65 Å². The highest BCUT2D eigenvalue weighted by Crippen LogP contribution is 2.21. The zero-order chi connectivity index (χ0) is 11.8. The summed E-state index contributed by atoms with van der Waals surface area (Å²) in [6.45, 7) is 0. The number of aromatic nitrogens is 2. The molecule has 0 atom stereocenters. The molecule has 84 valence electrons. The van der Waals surface area contributed by atoms with Gasteiger partial charge >= 0.3 is 0 Å². The van der Waals surface area contributed by atoms with E-state index < -0.39 is 11.6 Å². The van der Waals surface area contributed by atoms with Crippen molar-refractivity contribution in [1.29, 1.82) is 0 Å². The average Bonchev–Trinajstić information content (AvgIpc) is 2.76. The van der Waals surface area contributed by atoms with Gasteiger partial charge in [0, 0.05) is 18.0 Å². The highest BCUT2D eigenvalue weighted by atomic mass is 19.2. The molecule has 0 fully saturated rings. The maximum Gasteiger partial charge on any atom is 0.159 e. The molecule has 0 aliphatic heterocycles. The summed E-state index contributed by atoms with van der Waals surface area (Å²) in [7, 11) is 0. The molecular weight excluding hydrogens is 222 g/mol. The second kappa shape index (κ2) is 3.66. The lowest BCUT2D eigenvalue weighted by atomic mass is 10.1. The molecule has 2 aromatic heterocycles. The quantitative estimate of drug-likeness (QED) is 0.627. The van der Waals surface area contributed by atoms with E-state index in [2.05, 4.69) is 4.98 Å². The number of fused-ring (bicyclic) bond motifs is 1. The Morgan fingerprint density at radius 3 is 2.65 bits per heavy atom. The lowest BCUT2D eigenvalue weighted by Gasteiger charge is -1.96. The van der Waals surface area contributed by atoms with Crippen LogP contribution >= 0.6 is 0 Å². The molecule has 3 rings (SSSR count). The standard InChI is InChI=1S/C13H8F2N2/c14-10-5-4-9(7-11(10)15)12-8-17-6-2-1-3-13(17)16-12/h1-8H. The van der Waals surface area contributed by atoms with Crippen LogP contribution in [0.25, 0.3) is 16.9 Å². The van der Waals surface area contributed by atoms with E-state index in [4.69, 9.17) is 0 Å². The van der Waals surface area contributed by atoms with Crippen LogP contribution in [0.2, 0.25) is 0 Å². The van der Waals surface area contributed by atoms with E-state index >= 15 is 0 Å². The summed E-state index contributed by atoms with van der Waals surface area (Å²) in [5.41, 5.74) is 1.95. The summed E-state index contributed by atoms with van der Waals surface area (Å²) < 4.78 is 27.8. The third-order valence-corrected chi connectivity index (χ3v) is 2.58. The van der Waals surface area contributed by atoms with Crippen molar-refractivity contribution in [2.24, 2.45) is 0 Å². The van der Waals surface area contributed by atoms with Crippen LogP contribution in [0.4, 0.5) is 8.78 Å². The molecule has 0 unspecified atom stereocenters. The maximum atomic E-state index is 13.1. The Kier molecular flexibility index (Phi) is 2.14. The van der Waals surface area contributed by atoms with Crippen LogP contribution in [0, 0.1) is 11.6 Å². The van der Waals surface area contributed by atoms with Crippen LogP contribution in [0.5, 0.6) is 0 Å². The van der Waals surface area contributed by atoms with E-state index in [-0.39, 0.29) is 0 Å². The molecule has 0 saturated carbocycles. The summed E-state index contributed by atoms with van der Waals surface area (Å²) >= 11 is 0. The largest absolute Gasteiger partial charge is 0.306 e. The summed E-state index contributed by atoms with van der Waals surface area (Å²) in [4.78, 5) is 4.33. The highest BCUT2D eigenvalue weighted by molar-refractivity contribution is 5.62. The van der Waals surface area contributed by atoms with Gasteiger partial charge in [0.15, 0.2) is 11.6 Å². The molecule has 0 amide bonds. The van der Waals surface area contributed by atoms with Crippen LogP contribution in [-0.4, -0.2) is 9.38 Å². The van der Waals surface area contributed by atoms with Gasteiger partial charge < -0.3 is 4.40 Å². The Morgan fingerprint density at radius 2 is 1.88 bits per heavy atom. The van der Waals surface area contributed by atoms with Crippen molar-refractivity contribution < 1.29 is 8.78 Å². The minimum Gasteiger partial charge on any atom is -0.306 e. The van der Waals surface area contributed by atoms with Gasteiger partial charge in [0.05, 0.1) is 5.69 Å². The summed E-state index contributed by atoms with van der Waals surface area (Å²) in [6.07, 6.45) is 3.63. The highest BCUT2D eigenvalue weighted by Gasteiger charge is 2.07. The van der Waals surface area contributed by atoms with Gasteiger partial charge in [0.2, 0.25) is 0 Å². The molecule has 1 aromatic carbocycles. The molecule has 17 heavy (non-hydrogen) atoms. The second-order valence-electron chi connectivity index (χ2n) is 3.72. The lowest BCUT2D eigenvalue weighted by Crippen LogP contribution is -1.85. The lowest BCUT2D eigenvalue weighted by molar-refractivity contribution is 0.509. The molecule has 3 aromatic rings. The maximum absolute atomic E-state index is 13.1. The Hall–Kier alpha value is -2.23. The van der Waals surface area contributed by atoms with Gasteiger partial charge in [0.25, 0.3) is 0 Å². The monoisotopic (exact) mass is 230 g/mol. The first-order valence-electron chi connectivity index (χ1n) is 5.13. The van der Waals surface area contributed by atoms with Crippen molar-refractivity contribution in [1.82, 2.24) is 9.38 Å². The fourth-order valence-electron chi connectivity index (χ4n) is 1.73. The van der Waals surface area contributed by atoms with E-state index in [0.717, 1.165) is 17.8 Å². The van der Waals surface area contributed by atoms with E-state index in [1.54, 1.807) is 6.20 Å². The van der Waals surface area contributed by atoms with Crippen molar-refractivity contribution >= 4 is 5.65 Å². The number of halogens is 2. The smallest absolute Gasteiger partial charge is 0.159 e. The fourth-order valence-corrected chi connectivity index (χ4v) is 1.73. The topological polar surface area (TPSA) is 17.3 Å². The first-order chi connectivity index (χ1) is 8.24. The summed E-state index contributed by atoms with van der Waals surface area (Å²) in [5.74, 6) is -1.71. The zero-order valence-electron chi connectivity index (χ0n) is 8.77. The van der Waals surface area contributed by atoms with Gasteiger partial charge in [-0.3, -0.25) is 0 Å². The van der Waals surface area contributed by atoms with Crippen LogP contribution < -0.4 is 0 Å². The van der Waals surface area contributed by atoms with Crippen molar-refractivity contribution in [2.45, 2.75) is 0 Å². The average molecular weight is 230 g/mol. The van der Waals surface area contributed by atoms with Crippen LogP contribution in [-0.2, 0) is 0 Å². The number of pyridine rings is 1. The Labute approximate surface area is 96.2 Å². The Morgan fingerprint density at radius 1 is 1.00 bits per heavy atom. The van der Waals surface area contributed by atoms with Crippen molar-refractivity contribution in [3.63, 3.8) is 0 Å². The van der Waals surface area contributed by atoms with Crippen molar-refractivity contribution in [3.05, 3.63) is 60.4 Å². The number of imidazole rings is 1. The molecule has 0 saturated heterocycles. The SMILES string of the molecule is Fc1ccc(-c2cn3ccccc3n2)cc1F. The predicted molar refractivity (Wildman–Crippen MR) is 60.5 cm³/mol. The van der Waals surface area contributed by atoms with Gasteiger partial charge in [-0.15, -0.1) is 0 Å². The van der Waals surface area contributed by atoms with Gasteiger partial charge in [-0.1, -0.05) is 6.07 Å². The van der Waals surface area contributed by atoms with Gasteiger partial charge in [-0.05, 0) is 30.3 Å². The second-order valence-corrected chi connectivity index (χ2v) is 3.72. The first-order valence-corrected chi connectivity index (χ1v) is 5.13. The number of rotatable bonds is 1. The third-order valence-electron chi connectivity index (χ3n) is 2.58. The molecule has 2 heterocycles. The Bertz CT molecular complexity index is 656. The fraction of sp³-hybridized carbons (Fsp3) is 0. The number of hydrogen-bond donors (Lipinski definition) is 0. The molecule has 0 aliphatic rings. The molecule has 0 radical (unpaired) electrons. The van der Waals surface area contributed by atoms with Crippen LogP contribution in [0.3, 0.4) is 0 Å². The molecule has 4 heteroatoms. The molecule has 0 bridgehead atoms. The van der Waals surface area contributed by atoms with E-state index in [9.17, 15) is 8.78 Å². The Balaban J connectivity index is 2.17. The number of benzene rings is 1. The minimum atomic E-state index is -0.862. The molecule has 0 aliphatic carbocycles. The molecule has 0 spiro atoms. The number of hydrogen-bond acceptors (Lipinski definition) is 1. The molecule has 0 N–H and O–H groups in total. The van der Waals surface area contributed by atoms with Crippen molar-refractivity contribution in [3.8, 4) is 11.3 Å². The van der Waals surface area contributed by atoms with Gasteiger partial charge in [-0.2, -0.15) is 0 Å². The minimum absolute atomic E-state index is 0.563. The normalized spacial score (nSPS) is 10.9. The van der Waals surface area contributed by atoms with Crippen molar-refractivity contribution in [2.75, 3.05) is 0 Å². The third kappa shape index (κ3) is 1.67. The van der Waals surface area contributed by atoms with E-state index in [0.29, 0.717) is 11.3 Å². The van der Waals surface area contributed by atoms with Crippen LogP contribution in [0.15, 0.2) is 48.8 Å². The van der Waals surface area contributed by atoms with Crippen LogP contribution in [0.1, 0.15) is 0 Å². The van der Waals surface area contributed by atoms with E-state index in [1.165, 1.54) is 6.07 Å². The predicted octanol–water partition coefficient (Wildman–Crippen LogP) is 3.28. The summed E-state index contributed by atoms with van der Waals surface area (Å²) in [5, 5.41) is 0. The summed E-state index contributed by atoms with van der Waals surface area (Å²) in [6, 6.07) is 9.37. The van der Waals surface area contributed by atoms with E-state index in [1.807, 2.05) is 28.8 Å². The molecule has 2 nitrogen and oxygen atoms in total.